The maximum atomic E-state index is 5.18. The second-order valence-corrected chi connectivity index (χ2v) is 6.06. The highest BCUT2D eigenvalue weighted by Gasteiger charge is 2.03. The summed E-state index contributed by atoms with van der Waals surface area (Å²) in [6.45, 7) is 2.67. The first-order valence-electron chi connectivity index (χ1n) is 8.80. The number of ether oxygens (including phenoxy) is 2. The van der Waals surface area contributed by atoms with Crippen molar-refractivity contribution in [1.29, 1.82) is 0 Å². The lowest BCUT2D eigenvalue weighted by Gasteiger charge is -2.11. The molecule has 0 bridgehead atoms. The molecule has 0 saturated carbocycles. The number of aryl methyl sites for hydroxylation is 1. The molecule has 2 N–H and O–H groups in total. The van der Waals surface area contributed by atoms with E-state index in [1.54, 1.807) is 14.2 Å². The van der Waals surface area contributed by atoms with Gasteiger partial charge >= 0.3 is 0 Å². The molecule has 0 spiro atoms. The van der Waals surface area contributed by atoms with Gasteiger partial charge in [0.1, 0.15) is 29.0 Å². The first kappa shape index (κ1) is 18.5. The average Bonchev–Trinajstić information content (AvgIpc) is 2.69. The molecule has 0 radical (unpaired) electrons. The summed E-state index contributed by atoms with van der Waals surface area (Å²) in [6.07, 6.45) is 0.897. The minimum absolute atomic E-state index is 0.709. The van der Waals surface area contributed by atoms with Crippen LogP contribution in [0, 0.1) is 6.92 Å². The van der Waals surface area contributed by atoms with Gasteiger partial charge in [0, 0.05) is 18.3 Å². The smallest absolute Gasteiger partial charge is 0.136 e. The largest absolute Gasteiger partial charge is 0.497 e. The van der Waals surface area contributed by atoms with E-state index in [9.17, 15) is 0 Å². The zero-order chi connectivity index (χ0) is 19.1. The van der Waals surface area contributed by atoms with Gasteiger partial charge in [0.15, 0.2) is 0 Å². The Bertz CT molecular complexity index is 864. The standard InChI is InChI=1S/C21H24N4O2/c1-15-23-20(22-13-12-16-4-8-18(26-2)9-5-16)14-21(24-15)25-17-6-10-19(27-3)11-7-17/h4-11,14H,12-13H2,1-3H3,(H2,22,23,24,25). The molecule has 1 heterocycles. The van der Waals surface area contributed by atoms with Crippen LogP contribution in [0.15, 0.2) is 54.6 Å². The molecule has 3 rings (SSSR count). The van der Waals surface area contributed by atoms with Crippen LogP contribution in [0.2, 0.25) is 0 Å². The maximum absolute atomic E-state index is 5.18. The molecule has 0 aliphatic heterocycles. The molecule has 6 nitrogen and oxygen atoms in total. The maximum Gasteiger partial charge on any atom is 0.136 e. The summed E-state index contributed by atoms with van der Waals surface area (Å²) < 4.78 is 10.4. The van der Waals surface area contributed by atoms with E-state index in [4.69, 9.17) is 9.47 Å². The second kappa shape index (κ2) is 8.89. The van der Waals surface area contributed by atoms with Crippen LogP contribution in [-0.4, -0.2) is 30.7 Å². The van der Waals surface area contributed by atoms with Crippen molar-refractivity contribution in [3.8, 4) is 11.5 Å². The Hall–Kier alpha value is -3.28. The van der Waals surface area contributed by atoms with Crippen molar-refractivity contribution in [2.75, 3.05) is 31.4 Å². The van der Waals surface area contributed by atoms with Crippen LogP contribution in [0.3, 0.4) is 0 Å². The lowest BCUT2D eigenvalue weighted by atomic mass is 10.1. The number of methoxy groups -OCH3 is 2. The predicted molar refractivity (Wildman–Crippen MR) is 108 cm³/mol. The van der Waals surface area contributed by atoms with Gasteiger partial charge in [-0.1, -0.05) is 12.1 Å². The minimum atomic E-state index is 0.709. The summed E-state index contributed by atoms with van der Waals surface area (Å²) in [5, 5.41) is 6.66. The lowest BCUT2D eigenvalue weighted by Crippen LogP contribution is -2.08. The molecule has 0 aliphatic rings. The number of nitrogens with zero attached hydrogens (tertiary/aromatic N) is 2. The number of benzene rings is 2. The van der Waals surface area contributed by atoms with Crippen molar-refractivity contribution >= 4 is 17.3 Å². The summed E-state index contributed by atoms with van der Waals surface area (Å²) in [6, 6.07) is 17.7. The minimum Gasteiger partial charge on any atom is -0.497 e. The molecule has 0 fully saturated rings. The van der Waals surface area contributed by atoms with E-state index < -0.39 is 0 Å². The molecule has 27 heavy (non-hydrogen) atoms. The number of hydrogen-bond acceptors (Lipinski definition) is 6. The molecule has 6 heteroatoms. The molecule has 1 aromatic heterocycles. The fourth-order valence-electron chi connectivity index (χ4n) is 2.67. The molecule has 3 aromatic rings. The van der Waals surface area contributed by atoms with Gasteiger partial charge in [-0.05, 0) is 55.3 Å². The molecule has 140 valence electrons. The third-order valence-corrected chi connectivity index (χ3v) is 4.08. The van der Waals surface area contributed by atoms with Crippen molar-refractivity contribution < 1.29 is 9.47 Å². The first-order valence-corrected chi connectivity index (χ1v) is 8.80. The van der Waals surface area contributed by atoms with Gasteiger partial charge in [-0.15, -0.1) is 0 Å². The Morgan fingerprint density at radius 2 is 1.41 bits per heavy atom. The quantitative estimate of drug-likeness (QED) is 0.624. The summed E-state index contributed by atoms with van der Waals surface area (Å²) in [5.41, 5.74) is 2.18. The Balaban J connectivity index is 1.60. The highest BCUT2D eigenvalue weighted by Crippen LogP contribution is 2.20. The molecule has 0 saturated heterocycles. The Kier molecular flexibility index (Phi) is 6.10. The van der Waals surface area contributed by atoms with Gasteiger partial charge in [-0.3, -0.25) is 0 Å². The Morgan fingerprint density at radius 3 is 2.04 bits per heavy atom. The van der Waals surface area contributed by atoms with Crippen molar-refractivity contribution in [3.05, 3.63) is 66.0 Å². The fourth-order valence-corrected chi connectivity index (χ4v) is 2.67. The molecular weight excluding hydrogens is 340 g/mol. The Morgan fingerprint density at radius 1 is 0.815 bits per heavy atom. The highest BCUT2D eigenvalue weighted by molar-refractivity contribution is 5.60. The van der Waals surface area contributed by atoms with E-state index in [1.807, 2.05) is 49.4 Å². The van der Waals surface area contributed by atoms with Gasteiger partial charge < -0.3 is 20.1 Å². The fraction of sp³-hybridized carbons (Fsp3) is 0.238. The summed E-state index contributed by atoms with van der Waals surface area (Å²) in [4.78, 5) is 8.91. The van der Waals surface area contributed by atoms with E-state index in [0.717, 1.165) is 41.8 Å². The van der Waals surface area contributed by atoms with E-state index in [1.165, 1.54) is 5.56 Å². The van der Waals surface area contributed by atoms with Gasteiger partial charge in [0.05, 0.1) is 14.2 Å². The lowest BCUT2D eigenvalue weighted by molar-refractivity contribution is 0.414. The average molecular weight is 364 g/mol. The van der Waals surface area contributed by atoms with Crippen molar-refractivity contribution in [2.45, 2.75) is 13.3 Å². The summed E-state index contributed by atoms with van der Waals surface area (Å²) >= 11 is 0. The number of rotatable bonds is 8. The van der Waals surface area contributed by atoms with E-state index in [0.29, 0.717) is 5.82 Å². The van der Waals surface area contributed by atoms with E-state index in [-0.39, 0.29) is 0 Å². The monoisotopic (exact) mass is 364 g/mol. The number of nitrogens with one attached hydrogen (secondary N) is 2. The third kappa shape index (κ3) is 5.34. The van der Waals surface area contributed by atoms with Crippen LogP contribution < -0.4 is 20.1 Å². The van der Waals surface area contributed by atoms with Gasteiger partial charge in [-0.2, -0.15) is 0 Å². The molecule has 0 amide bonds. The number of anilines is 3. The van der Waals surface area contributed by atoms with E-state index >= 15 is 0 Å². The summed E-state index contributed by atoms with van der Waals surface area (Å²) in [5.74, 6) is 3.94. The molecular formula is C21H24N4O2. The zero-order valence-electron chi connectivity index (χ0n) is 15.8. The first-order chi connectivity index (χ1) is 13.2. The number of aromatic nitrogens is 2. The van der Waals surface area contributed by atoms with Crippen LogP contribution >= 0.6 is 0 Å². The van der Waals surface area contributed by atoms with Crippen LogP contribution in [0.1, 0.15) is 11.4 Å². The molecule has 0 aliphatic carbocycles. The second-order valence-electron chi connectivity index (χ2n) is 6.06. The van der Waals surface area contributed by atoms with Crippen LogP contribution in [0.25, 0.3) is 0 Å². The van der Waals surface area contributed by atoms with E-state index in [2.05, 4.69) is 32.7 Å². The Labute approximate surface area is 159 Å². The molecule has 2 aromatic carbocycles. The van der Waals surface area contributed by atoms with Gasteiger partial charge in [0.2, 0.25) is 0 Å². The normalized spacial score (nSPS) is 10.3. The molecule has 0 unspecified atom stereocenters. The number of hydrogen-bond donors (Lipinski definition) is 2. The highest BCUT2D eigenvalue weighted by atomic mass is 16.5. The van der Waals surface area contributed by atoms with Crippen LogP contribution in [0.4, 0.5) is 17.3 Å². The summed E-state index contributed by atoms with van der Waals surface area (Å²) in [7, 11) is 3.33. The third-order valence-electron chi connectivity index (χ3n) is 4.08. The topological polar surface area (TPSA) is 68.3 Å². The van der Waals surface area contributed by atoms with Crippen LogP contribution in [-0.2, 0) is 6.42 Å². The van der Waals surface area contributed by atoms with Crippen molar-refractivity contribution in [1.82, 2.24) is 9.97 Å². The van der Waals surface area contributed by atoms with Crippen molar-refractivity contribution in [3.63, 3.8) is 0 Å². The van der Waals surface area contributed by atoms with Crippen molar-refractivity contribution in [2.24, 2.45) is 0 Å². The zero-order valence-corrected chi connectivity index (χ0v) is 15.8. The van der Waals surface area contributed by atoms with Gasteiger partial charge in [-0.25, -0.2) is 9.97 Å². The predicted octanol–water partition coefficient (Wildman–Crippen LogP) is 4.20. The van der Waals surface area contributed by atoms with Crippen LogP contribution in [0.5, 0.6) is 11.5 Å². The molecule has 0 atom stereocenters. The van der Waals surface area contributed by atoms with Gasteiger partial charge in [0.25, 0.3) is 0 Å². The SMILES string of the molecule is COc1ccc(CCNc2cc(Nc3ccc(OC)cc3)nc(C)n2)cc1.